The monoisotopic (exact) mass is 89.1 g/mol. The van der Waals surface area contributed by atoms with Crippen LogP contribution in [0.5, 0.6) is 0 Å². The van der Waals surface area contributed by atoms with Crippen molar-refractivity contribution in [2.75, 3.05) is 0 Å². The standard InChI is InChI=1S/C6H11/c1-2-4-6-5-3-1/h1H,2-6H2/q+1/i1D,2D,3D,4D,5D,6D. The fourth-order valence-electron chi connectivity index (χ4n) is 0.342. The molecule has 1 aliphatic rings. The molecule has 0 amide bonds. The van der Waals surface area contributed by atoms with Gasteiger partial charge < -0.3 is 0 Å². The highest BCUT2D eigenvalue weighted by Gasteiger charge is 2.04. The Labute approximate surface area is 48.0 Å². The van der Waals surface area contributed by atoms with Crippen LogP contribution in [0.25, 0.3) is 0 Å². The number of rotatable bonds is 0. The maximum Gasteiger partial charge on any atom is 0.324 e. The lowest BCUT2D eigenvalue weighted by molar-refractivity contribution is 0.593. The predicted octanol–water partition coefficient (Wildman–Crippen LogP) is 2.15. The van der Waals surface area contributed by atoms with Gasteiger partial charge in [0, 0.05) is 4.11 Å². The summed E-state index contributed by atoms with van der Waals surface area (Å²) in [6.45, 7) is 0. The average Bonchev–Trinajstić information content (AvgIpc) is 2.08. The zero-order valence-electron chi connectivity index (χ0n) is 9.39. The van der Waals surface area contributed by atoms with E-state index in [0.717, 1.165) is 0 Å². The molecular weight excluding hydrogens is 72.1 g/mol. The van der Waals surface area contributed by atoms with Gasteiger partial charge in [-0.25, -0.2) is 0 Å². The Morgan fingerprint density at radius 1 is 1.33 bits per heavy atom. The van der Waals surface area contributed by atoms with Gasteiger partial charge in [0.1, 0.15) is 0 Å². The summed E-state index contributed by atoms with van der Waals surface area (Å²) in [5, 5.41) is 0. The highest BCUT2D eigenvalue weighted by molar-refractivity contribution is 4.69. The number of hydrogen-bond acceptors (Lipinski definition) is 0. The molecule has 0 bridgehead atoms. The summed E-state index contributed by atoms with van der Waals surface area (Å²) in [6, 6.07) is 0. The molecule has 4 unspecified atom stereocenters. The Morgan fingerprint density at radius 2 is 2.00 bits per heavy atom. The topological polar surface area (TPSA) is 0 Å². The lowest BCUT2D eigenvalue weighted by Crippen LogP contribution is -1.87. The van der Waals surface area contributed by atoms with Crippen LogP contribution >= 0.6 is 0 Å². The molecule has 1 aliphatic carbocycles. The molecule has 1 rings (SSSR count). The van der Waals surface area contributed by atoms with Gasteiger partial charge in [-0.3, -0.25) is 0 Å². The first-order chi connectivity index (χ1) is 5.46. The minimum absolute atomic E-state index is 0.196. The zero-order chi connectivity index (χ0) is 9.46. The molecule has 0 aromatic carbocycles. The summed E-state index contributed by atoms with van der Waals surface area (Å²) >= 11 is 0. The summed E-state index contributed by atoms with van der Waals surface area (Å²) in [5.41, 5.74) is 0. The van der Waals surface area contributed by atoms with Crippen LogP contribution in [0.3, 0.4) is 0 Å². The number of hydrogen-bond donors (Lipinski definition) is 0. The molecule has 1 saturated carbocycles. The lowest BCUT2D eigenvalue weighted by atomic mass is 10.0. The van der Waals surface area contributed by atoms with Crippen LogP contribution in [-0.4, -0.2) is 0 Å². The highest BCUT2D eigenvalue weighted by Crippen LogP contribution is 2.14. The maximum absolute atomic E-state index is 7.32. The van der Waals surface area contributed by atoms with E-state index in [4.69, 9.17) is 8.22 Å². The van der Waals surface area contributed by atoms with Gasteiger partial charge in [-0.1, -0.05) is 0 Å². The Balaban J connectivity index is 2.76. The van der Waals surface area contributed by atoms with Crippen LogP contribution in [0.15, 0.2) is 0 Å². The van der Waals surface area contributed by atoms with Crippen molar-refractivity contribution in [3.8, 4) is 0 Å². The molecule has 34 valence electrons. The molecule has 0 nitrogen and oxygen atoms in total. The van der Waals surface area contributed by atoms with E-state index in [2.05, 4.69) is 0 Å². The van der Waals surface area contributed by atoms with Crippen LogP contribution in [0.1, 0.15) is 40.2 Å². The first-order valence-electron chi connectivity index (χ1n) is 5.30. The summed E-state index contributed by atoms with van der Waals surface area (Å²) in [6.07, 6.45) is -5.47. The van der Waals surface area contributed by atoms with Crippen molar-refractivity contribution < 1.29 is 8.22 Å². The summed E-state index contributed by atoms with van der Waals surface area (Å²) in [7, 11) is 0. The molecule has 0 N–H and O–H groups in total. The molecule has 0 heteroatoms. The first kappa shape index (κ1) is 0.988. The van der Waals surface area contributed by atoms with E-state index in [0.29, 0.717) is 0 Å². The van der Waals surface area contributed by atoms with Gasteiger partial charge in [0.25, 0.3) is 0 Å². The van der Waals surface area contributed by atoms with Gasteiger partial charge >= 0.3 is 1.37 Å². The summed E-state index contributed by atoms with van der Waals surface area (Å²) in [4.78, 5) is 0. The van der Waals surface area contributed by atoms with Gasteiger partial charge in [0.05, 0.1) is 21.9 Å². The molecule has 1 fully saturated rings. The maximum atomic E-state index is 7.32. The molecule has 4 atom stereocenters. The van der Waals surface area contributed by atoms with E-state index in [1.807, 2.05) is 0 Å². The van der Waals surface area contributed by atoms with Crippen molar-refractivity contribution in [3.05, 3.63) is 6.40 Å². The van der Waals surface area contributed by atoms with Gasteiger partial charge in [0.2, 0.25) is 0 Å². The first-order valence-corrected chi connectivity index (χ1v) is 1.91. The Bertz CT molecular complexity index is 104. The zero-order valence-corrected chi connectivity index (χ0v) is 3.39. The molecule has 6 heavy (non-hydrogen) atoms. The molecule has 0 spiro atoms. The average molecular weight is 89.2 g/mol. The SMILES string of the molecule is [2H][C+]1C([2H])C([2H])C([2H])C([2H])C1[2H]. The lowest BCUT2D eigenvalue weighted by Gasteiger charge is -1.97. The smallest absolute Gasteiger partial charge is 0.0452 e. The second-order valence-electron chi connectivity index (χ2n) is 1.08. The van der Waals surface area contributed by atoms with E-state index in [1.54, 1.807) is 0 Å². The fraction of sp³-hybridized carbons (Fsp3) is 0.833. The third-order valence-electron chi connectivity index (χ3n) is 0.607. The van der Waals surface area contributed by atoms with E-state index in [-0.39, 0.29) is 6.40 Å². The van der Waals surface area contributed by atoms with Crippen LogP contribution < -0.4 is 0 Å². The van der Waals surface area contributed by atoms with Crippen molar-refractivity contribution in [3.63, 3.8) is 0 Å². The normalized spacial score (nSPS) is 100. The van der Waals surface area contributed by atoms with Gasteiger partial charge in [-0.05, 0) is 19.2 Å². The summed E-state index contributed by atoms with van der Waals surface area (Å²) in [5.74, 6) is 0. The highest BCUT2D eigenvalue weighted by atomic mass is 14.0. The Morgan fingerprint density at radius 3 is 2.67 bits per heavy atom. The third-order valence-corrected chi connectivity index (χ3v) is 0.607. The van der Waals surface area contributed by atoms with Gasteiger partial charge in [-0.2, -0.15) is 0 Å². The Kier molecular flexibility index (Phi) is 0.349. The molecule has 0 aromatic rings. The quantitative estimate of drug-likeness (QED) is 0.399. The minimum atomic E-state index is -1.09. The van der Waals surface area contributed by atoms with E-state index in [9.17, 15) is 0 Å². The van der Waals surface area contributed by atoms with Gasteiger partial charge in [0.15, 0.2) is 0 Å². The molecule has 0 aromatic heterocycles. The van der Waals surface area contributed by atoms with Crippen molar-refractivity contribution in [1.82, 2.24) is 0 Å². The summed E-state index contributed by atoms with van der Waals surface area (Å²) < 4.78 is 43.8. The second-order valence-corrected chi connectivity index (χ2v) is 1.08. The minimum Gasteiger partial charge on any atom is -0.0452 e. The second kappa shape index (κ2) is 2.12. The molecule has 0 heterocycles. The predicted molar refractivity (Wildman–Crippen MR) is 27.4 cm³/mol. The third kappa shape index (κ3) is 0.925. The molecular formula is C6H11+. The molecule has 0 radical (unpaired) electrons. The van der Waals surface area contributed by atoms with E-state index >= 15 is 0 Å². The van der Waals surface area contributed by atoms with E-state index < -0.39 is 32.0 Å². The van der Waals surface area contributed by atoms with E-state index in [1.165, 1.54) is 0 Å². The van der Waals surface area contributed by atoms with Crippen LogP contribution in [0.2, 0.25) is 0 Å². The largest absolute Gasteiger partial charge is 0.324 e. The van der Waals surface area contributed by atoms with Crippen molar-refractivity contribution in [1.29, 1.82) is 0 Å². The van der Waals surface area contributed by atoms with Crippen molar-refractivity contribution in [2.24, 2.45) is 0 Å². The van der Waals surface area contributed by atoms with Crippen LogP contribution in [0, 0.1) is 6.40 Å². The van der Waals surface area contributed by atoms with Crippen molar-refractivity contribution in [2.45, 2.75) is 32.0 Å². The molecule has 0 saturated heterocycles. The van der Waals surface area contributed by atoms with Crippen LogP contribution in [0.4, 0.5) is 0 Å². The van der Waals surface area contributed by atoms with Crippen molar-refractivity contribution >= 4 is 0 Å². The van der Waals surface area contributed by atoms with Crippen LogP contribution in [-0.2, 0) is 0 Å². The van der Waals surface area contributed by atoms with Gasteiger partial charge in [-0.15, -0.1) is 0 Å². The molecule has 0 aliphatic heterocycles. The Hall–Kier alpha value is -0.130. The fourth-order valence-corrected chi connectivity index (χ4v) is 0.342.